The Morgan fingerprint density at radius 3 is 2.72 bits per heavy atom. The van der Waals surface area contributed by atoms with Crippen molar-refractivity contribution in [2.45, 2.75) is 32.2 Å². The highest BCUT2D eigenvalue weighted by molar-refractivity contribution is 14.1. The van der Waals surface area contributed by atoms with Crippen LogP contribution in [0.25, 0.3) is 0 Å². The van der Waals surface area contributed by atoms with Crippen molar-refractivity contribution >= 4 is 34.0 Å². The van der Waals surface area contributed by atoms with Gasteiger partial charge in [0.1, 0.15) is 0 Å². The Hall–Kier alpha value is -0.490. The van der Waals surface area contributed by atoms with Gasteiger partial charge in [-0.2, -0.15) is 0 Å². The van der Waals surface area contributed by atoms with Gasteiger partial charge in [0.05, 0.1) is 11.4 Å². The number of benzene rings is 1. The van der Waals surface area contributed by atoms with Gasteiger partial charge >= 0.3 is 0 Å². The van der Waals surface area contributed by atoms with Crippen molar-refractivity contribution in [3.8, 4) is 0 Å². The van der Waals surface area contributed by atoms with Crippen LogP contribution in [-0.2, 0) is 0 Å². The second-order valence-electron chi connectivity index (χ2n) is 5.06. The van der Waals surface area contributed by atoms with Crippen molar-refractivity contribution in [3.63, 3.8) is 0 Å². The highest BCUT2D eigenvalue weighted by Gasteiger charge is 2.16. The first-order valence-corrected chi connectivity index (χ1v) is 7.77. The molecule has 1 saturated heterocycles. The Labute approximate surface area is 123 Å². The molecule has 1 heterocycles. The van der Waals surface area contributed by atoms with Crippen LogP contribution < -0.4 is 11.1 Å². The molecule has 18 heavy (non-hydrogen) atoms. The lowest BCUT2D eigenvalue weighted by atomic mass is 10.1. The molecule has 0 spiro atoms. The van der Waals surface area contributed by atoms with Crippen molar-refractivity contribution in [1.82, 2.24) is 4.90 Å². The van der Waals surface area contributed by atoms with Crippen LogP contribution in [0, 0.1) is 3.57 Å². The van der Waals surface area contributed by atoms with E-state index in [1.54, 1.807) is 0 Å². The summed E-state index contributed by atoms with van der Waals surface area (Å²) in [5.41, 5.74) is 7.90. The molecule has 1 aliphatic rings. The predicted octanol–water partition coefficient (Wildman–Crippen LogP) is 3.16. The van der Waals surface area contributed by atoms with E-state index in [0.717, 1.165) is 17.9 Å². The number of nitrogens with zero attached hydrogens (tertiary/aromatic N) is 1. The zero-order valence-corrected chi connectivity index (χ0v) is 13.1. The quantitative estimate of drug-likeness (QED) is 0.641. The van der Waals surface area contributed by atoms with Crippen LogP contribution in [0.4, 0.5) is 11.4 Å². The van der Waals surface area contributed by atoms with Gasteiger partial charge in [0.2, 0.25) is 0 Å². The van der Waals surface area contributed by atoms with Gasteiger partial charge in [0, 0.05) is 16.2 Å². The van der Waals surface area contributed by atoms with E-state index >= 15 is 0 Å². The molecule has 1 aliphatic heterocycles. The maximum absolute atomic E-state index is 6.01. The molecule has 100 valence electrons. The number of nitrogen functional groups attached to an aromatic ring is 1. The third-order valence-electron chi connectivity index (χ3n) is 3.62. The lowest BCUT2D eigenvalue weighted by Gasteiger charge is -2.32. The van der Waals surface area contributed by atoms with E-state index in [1.807, 2.05) is 6.07 Å². The van der Waals surface area contributed by atoms with Gasteiger partial charge in [0.15, 0.2) is 0 Å². The fourth-order valence-electron chi connectivity index (χ4n) is 2.44. The summed E-state index contributed by atoms with van der Waals surface area (Å²) in [5, 5.41) is 3.47. The first-order valence-electron chi connectivity index (χ1n) is 6.70. The number of piperidine rings is 1. The summed E-state index contributed by atoms with van der Waals surface area (Å²) in [6.07, 6.45) is 4.08. The van der Waals surface area contributed by atoms with Crippen molar-refractivity contribution < 1.29 is 0 Å². The summed E-state index contributed by atoms with van der Waals surface area (Å²) < 4.78 is 1.18. The monoisotopic (exact) mass is 359 g/mol. The molecule has 1 atom stereocenters. The Morgan fingerprint density at radius 1 is 1.33 bits per heavy atom. The van der Waals surface area contributed by atoms with E-state index in [-0.39, 0.29) is 0 Å². The Kier molecular flexibility index (Phi) is 5.12. The molecule has 3 N–H and O–H groups in total. The highest BCUT2D eigenvalue weighted by Crippen LogP contribution is 2.21. The summed E-state index contributed by atoms with van der Waals surface area (Å²) in [5.74, 6) is 0. The van der Waals surface area contributed by atoms with Gasteiger partial charge in [-0.05, 0) is 73.6 Å². The van der Waals surface area contributed by atoms with Crippen molar-refractivity contribution in [1.29, 1.82) is 0 Å². The van der Waals surface area contributed by atoms with Gasteiger partial charge in [0.25, 0.3) is 0 Å². The SMILES string of the molecule is CC(CNc1ccc(I)cc1N)N1CCCCC1. The summed E-state index contributed by atoms with van der Waals surface area (Å²) in [6.45, 7) is 5.74. The minimum absolute atomic E-state index is 0.573. The van der Waals surface area contributed by atoms with Gasteiger partial charge < -0.3 is 11.1 Å². The van der Waals surface area contributed by atoms with Crippen molar-refractivity contribution in [3.05, 3.63) is 21.8 Å². The summed E-state index contributed by atoms with van der Waals surface area (Å²) in [4.78, 5) is 2.57. The lowest BCUT2D eigenvalue weighted by Crippen LogP contribution is -2.41. The molecular weight excluding hydrogens is 337 g/mol. The van der Waals surface area contributed by atoms with Crippen LogP contribution in [0.5, 0.6) is 0 Å². The van der Waals surface area contributed by atoms with E-state index in [4.69, 9.17) is 5.73 Å². The molecular formula is C14H22IN3. The van der Waals surface area contributed by atoms with E-state index in [9.17, 15) is 0 Å². The normalized spacial score (nSPS) is 18.6. The maximum atomic E-state index is 6.01. The molecule has 1 fully saturated rings. The molecule has 1 unspecified atom stereocenters. The number of halogens is 1. The smallest absolute Gasteiger partial charge is 0.0575 e. The molecule has 0 saturated carbocycles. The molecule has 1 aromatic carbocycles. The zero-order chi connectivity index (χ0) is 13.0. The molecule has 3 nitrogen and oxygen atoms in total. The molecule has 4 heteroatoms. The standard InChI is InChI=1S/C14H22IN3/c1-11(18-7-3-2-4-8-18)10-17-14-6-5-12(15)9-13(14)16/h5-6,9,11,17H,2-4,7-8,10,16H2,1H3. The topological polar surface area (TPSA) is 41.3 Å². The first-order chi connectivity index (χ1) is 8.66. The number of anilines is 2. The van der Waals surface area contributed by atoms with Gasteiger partial charge in [-0.1, -0.05) is 6.42 Å². The highest BCUT2D eigenvalue weighted by atomic mass is 127. The largest absolute Gasteiger partial charge is 0.397 e. The molecule has 0 bridgehead atoms. The average Bonchev–Trinajstić information content (AvgIpc) is 2.38. The van der Waals surface area contributed by atoms with E-state index in [1.165, 1.54) is 35.9 Å². The van der Waals surface area contributed by atoms with E-state index in [0.29, 0.717) is 6.04 Å². The predicted molar refractivity (Wildman–Crippen MR) is 86.9 cm³/mol. The second kappa shape index (κ2) is 6.61. The molecule has 0 aromatic heterocycles. The fraction of sp³-hybridized carbons (Fsp3) is 0.571. The minimum Gasteiger partial charge on any atom is -0.397 e. The second-order valence-corrected chi connectivity index (χ2v) is 6.30. The van der Waals surface area contributed by atoms with E-state index < -0.39 is 0 Å². The fourth-order valence-corrected chi connectivity index (χ4v) is 2.96. The van der Waals surface area contributed by atoms with Crippen LogP contribution in [0.1, 0.15) is 26.2 Å². The third kappa shape index (κ3) is 3.75. The van der Waals surface area contributed by atoms with E-state index in [2.05, 4.69) is 51.9 Å². The Morgan fingerprint density at radius 2 is 2.06 bits per heavy atom. The molecule has 0 amide bonds. The summed E-state index contributed by atoms with van der Waals surface area (Å²) in [6, 6.07) is 6.74. The third-order valence-corrected chi connectivity index (χ3v) is 4.29. The van der Waals surface area contributed by atoms with Gasteiger partial charge in [-0.3, -0.25) is 4.90 Å². The number of nitrogens with one attached hydrogen (secondary N) is 1. The van der Waals surface area contributed by atoms with Crippen LogP contribution in [-0.4, -0.2) is 30.6 Å². The summed E-state index contributed by atoms with van der Waals surface area (Å²) >= 11 is 2.28. The molecule has 0 aliphatic carbocycles. The van der Waals surface area contributed by atoms with Gasteiger partial charge in [-0.15, -0.1) is 0 Å². The lowest BCUT2D eigenvalue weighted by molar-refractivity contribution is 0.180. The average molecular weight is 359 g/mol. The van der Waals surface area contributed by atoms with Crippen LogP contribution in [0.2, 0.25) is 0 Å². The van der Waals surface area contributed by atoms with Gasteiger partial charge in [-0.25, -0.2) is 0 Å². The molecule has 0 radical (unpaired) electrons. The Bertz CT molecular complexity index is 389. The van der Waals surface area contributed by atoms with Crippen molar-refractivity contribution in [2.24, 2.45) is 0 Å². The number of hydrogen-bond donors (Lipinski definition) is 2. The number of hydrogen-bond acceptors (Lipinski definition) is 3. The number of likely N-dealkylation sites (tertiary alicyclic amines) is 1. The minimum atomic E-state index is 0.573. The van der Waals surface area contributed by atoms with Crippen LogP contribution in [0.3, 0.4) is 0 Å². The Balaban J connectivity index is 1.86. The number of rotatable bonds is 4. The zero-order valence-electron chi connectivity index (χ0n) is 11.0. The molecule has 1 aromatic rings. The first kappa shape index (κ1) is 13.9. The maximum Gasteiger partial charge on any atom is 0.0575 e. The van der Waals surface area contributed by atoms with Crippen molar-refractivity contribution in [2.75, 3.05) is 30.7 Å². The summed E-state index contributed by atoms with van der Waals surface area (Å²) in [7, 11) is 0. The number of nitrogens with two attached hydrogens (primary N) is 1. The van der Waals surface area contributed by atoms with Crippen LogP contribution >= 0.6 is 22.6 Å². The van der Waals surface area contributed by atoms with Crippen LogP contribution in [0.15, 0.2) is 18.2 Å². The molecule has 2 rings (SSSR count).